The number of halogens is 2. The minimum absolute atomic E-state index is 0.126. The van der Waals surface area contributed by atoms with Crippen molar-refractivity contribution in [1.29, 1.82) is 0 Å². The lowest BCUT2D eigenvalue weighted by molar-refractivity contribution is 0.0729. The average Bonchev–Trinajstić information content (AvgIpc) is 2.83. The fourth-order valence-electron chi connectivity index (χ4n) is 2.41. The molecular weight excluding hydrogens is 255 g/mol. The Morgan fingerprint density at radius 3 is 3.11 bits per heavy atom. The van der Waals surface area contributed by atoms with E-state index in [2.05, 4.69) is 4.98 Å². The summed E-state index contributed by atoms with van der Waals surface area (Å²) >= 11 is 5.68. The highest BCUT2D eigenvalue weighted by molar-refractivity contribution is 6.17. The van der Waals surface area contributed by atoms with Crippen LogP contribution in [0.3, 0.4) is 0 Å². The van der Waals surface area contributed by atoms with E-state index in [-0.39, 0.29) is 11.9 Å². The molecule has 1 aliphatic rings. The first kappa shape index (κ1) is 13.3. The van der Waals surface area contributed by atoms with E-state index in [1.54, 1.807) is 0 Å². The Kier molecular flexibility index (Phi) is 4.53. The molecule has 2 heterocycles. The van der Waals surface area contributed by atoms with Crippen LogP contribution in [0.4, 0.5) is 4.39 Å². The molecule has 2 rings (SSSR count). The fourth-order valence-corrected chi connectivity index (χ4v) is 2.56. The number of aromatic nitrogens is 1. The minimum atomic E-state index is -0.475. The molecule has 1 aromatic rings. The summed E-state index contributed by atoms with van der Waals surface area (Å²) in [6, 6.07) is 1.48. The largest absolute Gasteiger partial charge is 0.336 e. The van der Waals surface area contributed by atoms with Crippen LogP contribution in [0, 0.1) is 5.82 Å². The molecule has 1 saturated heterocycles. The summed E-state index contributed by atoms with van der Waals surface area (Å²) in [5.41, 5.74) is 0.327. The number of hydrogen-bond donors (Lipinski definition) is 0. The van der Waals surface area contributed by atoms with Crippen LogP contribution in [-0.4, -0.2) is 34.3 Å². The van der Waals surface area contributed by atoms with E-state index in [9.17, 15) is 9.18 Å². The maximum atomic E-state index is 13.1. The molecule has 1 amide bonds. The SMILES string of the molecule is O=C(c1cncc(F)c1)N1CCCC1CCCCl. The lowest BCUT2D eigenvalue weighted by atomic mass is 10.1. The van der Waals surface area contributed by atoms with Gasteiger partial charge in [-0.2, -0.15) is 0 Å². The summed E-state index contributed by atoms with van der Waals surface area (Å²) in [6.45, 7) is 0.738. The summed E-state index contributed by atoms with van der Waals surface area (Å²) in [4.78, 5) is 17.8. The van der Waals surface area contributed by atoms with Gasteiger partial charge in [-0.15, -0.1) is 11.6 Å². The Balaban J connectivity index is 2.08. The number of likely N-dealkylation sites (tertiary alicyclic amines) is 1. The molecule has 1 aliphatic heterocycles. The number of alkyl halides is 1. The third kappa shape index (κ3) is 2.99. The summed E-state index contributed by atoms with van der Waals surface area (Å²) in [5.74, 6) is 0.0106. The first-order valence-electron chi connectivity index (χ1n) is 6.20. The van der Waals surface area contributed by atoms with Crippen LogP contribution in [0.5, 0.6) is 0 Å². The zero-order chi connectivity index (χ0) is 13.0. The van der Waals surface area contributed by atoms with E-state index >= 15 is 0 Å². The van der Waals surface area contributed by atoms with Gasteiger partial charge in [0.25, 0.3) is 5.91 Å². The standard InChI is InChI=1S/C13H16ClFN2O/c14-5-1-3-12-4-2-6-17(12)13(18)10-7-11(15)9-16-8-10/h7-9,12H,1-6H2. The van der Waals surface area contributed by atoms with Gasteiger partial charge in [0.2, 0.25) is 0 Å². The Hall–Kier alpha value is -1.16. The van der Waals surface area contributed by atoms with Crippen molar-refractivity contribution >= 4 is 17.5 Å². The second-order valence-corrected chi connectivity index (χ2v) is 4.90. The number of amides is 1. The molecule has 0 bridgehead atoms. The third-order valence-corrected chi connectivity index (χ3v) is 3.53. The number of carbonyl (C=O) groups is 1. The van der Waals surface area contributed by atoms with Crippen molar-refractivity contribution in [3.63, 3.8) is 0 Å². The van der Waals surface area contributed by atoms with Crippen molar-refractivity contribution in [3.8, 4) is 0 Å². The monoisotopic (exact) mass is 270 g/mol. The summed E-state index contributed by atoms with van der Waals surface area (Å²) in [6.07, 6.45) is 6.34. The highest BCUT2D eigenvalue weighted by Gasteiger charge is 2.29. The Morgan fingerprint density at radius 2 is 2.39 bits per heavy atom. The lowest BCUT2D eigenvalue weighted by Gasteiger charge is -2.24. The van der Waals surface area contributed by atoms with E-state index in [1.807, 2.05) is 4.90 Å². The molecule has 0 aromatic carbocycles. The van der Waals surface area contributed by atoms with Crippen LogP contribution in [-0.2, 0) is 0 Å². The molecule has 0 spiro atoms. The van der Waals surface area contributed by atoms with E-state index in [0.29, 0.717) is 11.4 Å². The molecule has 98 valence electrons. The van der Waals surface area contributed by atoms with Gasteiger partial charge in [0, 0.05) is 24.7 Å². The Morgan fingerprint density at radius 1 is 1.56 bits per heavy atom. The molecule has 1 unspecified atom stereocenters. The molecule has 1 aromatic heterocycles. The molecule has 0 saturated carbocycles. The average molecular weight is 271 g/mol. The van der Waals surface area contributed by atoms with Crippen molar-refractivity contribution < 1.29 is 9.18 Å². The predicted octanol–water partition coefficient (Wildman–Crippen LogP) is 2.84. The number of hydrogen-bond acceptors (Lipinski definition) is 2. The van der Waals surface area contributed by atoms with Gasteiger partial charge in [-0.1, -0.05) is 0 Å². The van der Waals surface area contributed by atoms with Gasteiger partial charge in [-0.05, 0) is 31.7 Å². The van der Waals surface area contributed by atoms with Crippen molar-refractivity contribution in [2.24, 2.45) is 0 Å². The number of rotatable bonds is 4. The molecular formula is C13H16ClFN2O. The van der Waals surface area contributed by atoms with Crippen LogP contribution >= 0.6 is 11.6 Å². The fraction of sp³-hybridized carbons (Fsp3) is 0.538. The number of nitrogens with zero attached hydrogens (tertiary/aromatic N) is 2. The van der Waals surface area contributed by atoms with Gasteiger partial charge in [-0.3, -0.25) is 9.78 Å². The van der Waals surface area contributed by atoms with Crippen LogP contribution in [0.25, 0.3) is 0 Å². The topological polar surface area (TPSA) is 33.2 Å². The summed E-state index contributed by atoms with van der Waals surface area (Å²) in [7, 11) is 0. The third-order valence-electron chi connectivity index (χ3n) is 3.26. The lowest BCUT2D eigenvalue weighted by Crippen LogP contribution is -2.35. The zero-order valence-electron chi connectivity index (χ0n) is 10.1. The molecule has 3 nitrogen and oxygen atoms in total. The van der Waals surface area contributed by atoms with Crippen LogP contribution in [0.2, 0.25) is 0 Å². The predicted molar refractivity (Wildman–Crippen MR) is 68.2 cm³/mol. The highest BCUT2D eigenvalue weighted by atomic mass is 35.5. The van der Waals surface area contributed by atoms with Crippen molar-refractivity contribution in [2.45, 2.75) is 31.7 Å². The number of pyridine rings is 1. The zero-order valence-corrected chi connectivity index (χ0v) is 10.9. The smallest absolute Gasteiger partial charge is 0.255 e. The number of carbonyl (C=O) groups excluding carboxylic acids is 1. The van der Waals surface area contributed by atoms with E-state index in [4.69, 9.17) is 11.6 Å². The Bertz CT molecular complexity index is 427. The second kappa shape index (κ2) is 6.14. The molecule has 1 fully saturated rings. The second-order valence-electron chi connectivity index (χ2n) is 4.52. The van der Waals surface area contributed by atoms with E-state index in [0.717, 1.165) is 38.4 Å². The van der Waals surface area contributed by atoms with E-state index < -0.39 is 5.82 Å². The highest BCUT2D eigenvalue weighted by Crippen LogP contribution is 2.23. The van der Waals surface area contributed by atoms with Crippen LogP contribution in [0.15, 0.2) is 18.5 Å². The van der Waals surface area contributed by atoms with Crippen molar-refractivity contribution in [3.05, 3.63) is 29.8 Å². The summed E-state index contributed by atoms with van der Waals surface area (Å²) < 4.78 is 13.1. The first-order chi connectivity index (χ1) is 8.72. The van der Waals surface area contributed by atoms with Crippen LogP contribution in [0.1, 0.15) is 36.0 Å². The first-order valence-corrected chi connectivity index (χ1v) is 6.73. The molecule has 18 heavy (non-hydrogen) atoms. The van der Waals surface area contributed by atoms with Gasteiger partial charge >= 0.3 is 0 Å². The van der Waals surface area contributed by atoms with Crippen molar-refractivity contribution in [1.82, 2.24) is 9.88 Å². The normalized spacial score (nSPS) is 19.2. The Labute approximate surface area is 111 Å². The molecule has 5 heteroatoms. The minimum Gasteiger partial charge on any atom is -0.336 e. The van der Waals surface area contributed by atoms with Gasteiger partial charge in [-0.25, -0.2) is 4.39 Å². The van der Waals surface area contributed by atoms with Gasteiger partial charge in [0.1, 0.15) is 5.82 Å². The van der Waals surface area contributed by atoms with Crippen molar-refractivity contribution in [2.75, 3.05) is 12.4 Å². The molecule has 0 radical (unpaired) electrons. The maximum Gasteiger partial charge on any atom is 0.255 e. The van der Waals surface area contributed by atoms with Crippen LogP contribution < -0.4 is 0 Å². The maximum absolute atomic E-state index is 13.1. The van der Waals surface area contributed by atoms with Gasteiger partial charge in [0.05, 0.1) is 11.8 Å². The molecule has 0 N–H and O–H groups in total. The van der Waals surface area contributed by atoms with Gasteiger partial charge in [0.15, 0.2) is 0 Å². The quantitative estimate of drug-likeness (QED) is 0.788. The summed E-state index contributed by atoms with van der Waals surface area (Å²) in [5, 5.41) is 0. The van der Waals surface area contributed by atoms with Gasteiger partial charge < -0.3 is 4.90 Å². The molecule has 1 atom stereocenters. The van der Waals surface area contributed by atoms with E-state index in [1.165, 1.54) is 12.3 Å². The molecule has 0 aliphatic carbocycles.